The molecule has 0 N–H and O–H groups in total. The van der Waals surface area contributed by atoms with Crippen molar-refractivity contribution in [2.75, 3.05) is 13.6 Å². The van der Waals surface area contributed by atoms with Crippen LogP contribution in [0.4, 0.5) is 4.39 Å². The van der Waals surface area contributed by atoms with Crippen LogP contribution in [0.1, 0.15) is 21.7 Å². The molecule has 0 bridgehead atoms. The first kappa shape index (κ1) is 14.7. The summed E-state index contributed by atoms with van der Waals surface area (Å²) in [6.45, 7) is 0.444. The lowest BCUT2D eigenvalue weighted by Crippen LogP contribution is -2.34. The summed E-state index contributed by atoms with van der Waals surface area (Å²) in [5.41, 5.74) is 1.43. The van der Waals surface area contributed by atoms with Gasteiger partial charge in [0.2, 0.25) is 0 Å². The van der Waals surface area contributed by atoms with Gasteiger partial charge in [-0.05, 0) is 23.6 Å². The number of halogens is 1. The van der Waals surface area contributed by atoms with Crippen molar-refractivity contribution >= 4 is 23.0 Å². The molecule has 1 aliphatic heterocycles. The maximum atomic E-state index is 13.2. The first-order valence-electron chi connectivity index (χ1n) is 6.91. The van der Waals surface area contributed by atoms with Gasteiger partial charge in [0.1, 0.15) is 5.82 Å². The molecule has 3 rings (SSSR count). The van der Waals surface area contributed by atoms with Crippen LogP contribution in [0.25, 0.3) is 0 Å². The molecule has 0 fully saturated rings. The minimum atomic E-state index is -0.298. The number of hydrogen-bond donors (Lipinski definition) is 0. The molecule has 1 amide bonds. The van der Waals surface area contributed by atoms with Gasteiger partial charge in [-0.1, -0.05) is 23.4 Å². The van der Waals surface area contributed by atoms with Gasteiger partial charge in [-0.2, -0.15) is 0 Å². The molecule has 0 spiro atoms. The molecular weight excluding hydrogens is 303 g/mol. The Morgan fingerprint density at radius 2 is 2.32 bits per heavy atom. The summed E-state index contributed by atoms with van der Waals surface area (Å²) in [5.74, 6) is -0.327. The van der Waals surface area contributed by atoms with Crippen LogP contribution >= 0.6 is 11.3 Å². The molecule has 1 aromatic heterocycles. The van der Waals surface area contributed by atoms with Gasteiger partial charge in [-0.3, -0.25) is 4.79 Å². The SMILES string of the molecule is CN(C[C@H]1CC(c2cccc(F)c2)=NO1)C(=O)c1cccs1. The normalized spacial score (nSPS) is 17.0. The van der Waals surface area contributed by atoms with E-state index in [4.69, 9.17) is 4.84 Å². The quantitative estimate of drug-likeness (QED) is 0.869. The van der Waals surface area contributed by atoms with Crippen molar-refractivity contribution in [2.24, 2.45) is 5.16 Å². The van der Waals surface area contributed by atoms with Crippen molar-refractivity contribution in [3.05, 3.63) is 58.0 Å². The van der Waals surface area contributed by atoms with E-state index in [1.54, 1.807) is 30.1 Å². The highest BCUT2D eigenvalue weighted by Crippen LogP contribution is 2.19. The van der Waals surface area contributed by atoms with Gasteiger partial charge in [0, 0.05) is 19.0 Å². The molecule has 6 heteroatoms. The van der Waals surface area contributed by atoms with Crippen LogP contribution in [0.3, 0.4) is 0 Å². The Balaban J connectivity index is 1.59. The van der Waals surface area contributed by atoms with Gasteiger partial charge >= 0.3 is 0 Å². The summed E-state index contributed by atoms with van der Waals surface area (Å²) in [6.07, 6.45) is 0.359. The van der Waals surface area contributed by atoms with E-state index >= 15 is 0 Å². The van der Waals surface area contributed by atoms with E-state index in [-0.39, 0.29) is 17.8 Å². The fourth-order valence-corrected chi connectivity index (χ4v) is 3.06. The average Bonchev–Trinajstić information content (AvgIpc) is 3.18. The summed E-state index contributed by atoms with van der Waals surface area (Å²) >= 11 is 1.41. The highest BCUT2D eigenvalue weighted by Gasteiger charge is 2.25. The number of likely N-dealkylation sites (N-methyl/N-ethyl adjacent to an activating group) is 1. The number of oxime groups is 1. The molecule has 22 heavy (non-hydrogen) atoms. The number of benzene rings is 1. The Bertz CT molecular complexity index is 700. The number of thiophene rings is 1. The lowest BCUT2D eigenvalue weighted by Gasteiger charge is -2.19. The number of hydrogen-bond acceptors (Lipinski definition) is 4. The zero-order chi connectivity index (χ0) is 15.5. The van der Waals surface area contributed by atoms with E-state index in [9.17, 15) is 9.18 Å². The van der Waals surface area contributed by atoms with E-state index in [0.29, 0.717) is 23.6 Å². The van der Waals surface area contributed by atoms with Crippen molar-refractivity contribution < 1.29 is 14.0 Å². The van der Waals surface area contributed by atoms with Gasteiger partial charge in [0.05, 0.1) is 17.1 Å². The van der Waals surface area contributed by atoms with E-state index < -0.39 is 0 Å². The molecule has 0 unspecified atom stereocenters. The Morgan fingerprint density at radius 1 is 1.45 bits per heavy atom. The van der Waals surface area contributed by atoms with Crippen molar-refractivity contribution in [3.63, 3.8) is 0 Å². The second-order valence-corrected chi connectivity index (χ2v) is 6.09. The third-order valence-electron chi connectivity index (χ3n) is 3.45. The van der Waals surface area contributed by atoms with Crippen molar-refractivity contribution in [2.45, 2.75) is 12.5 Å². The zero-order valence-electron chi connectivity index (χ0n) is 12.0. The van der Waals surface area contributed by atoms with Crippen LogP contribution in [0, 0.1) is 5.82 Å². The number of carbonyl (C=O) groups excluding carboxylic acids is 1. The minimum Gasteiger partial charge on any atom is -0.390 e. The van der Waals surface area contributed by atoms with Gasteiger partial charge in [-0.25, -0.2) is 4.39 Å². The minimum absolute atomic E-state index is 0.0298. The van der Waals surface area contributed by atoms with Crippen LogP contribution in [0.5, 0.6) is 0 Å². The lowest BCUT2D eigenvalue weighted by molar-refractivity contribution is 0.0485. The molecule has 2 aromatic rings. The van der Waals surface area contributed by atoms with Gasteiger partial charge in [0.25, 0.3) is 5.91 Å². The Hall–Kier alpha value is -2.21. The molecule has 0 saturated heterocycles. The molecule has 0 radical (unpaired) electrons. The van der Waals surface area contributed by atoms with Crippen molar-refractivity contribution in [1.82, 2.24) is 4.90 Å². The Morgan fingerprint density at radius 3 is 3.05 bits per heavy atom. The maximum absolute atomic E-state index is 13.2. The first-order chi connectivity index (χ1) is 10.6. The van der Waals surface area contributed by atoms with Crippen molar-refractivity contribution in [1.29, 1.82) is 0 Å². The number of nitrogens with zero attached hydrogens (tertiary/aromatic N) is 2. The van der Waals surface area contributed by atoms with Crippen LogP contribution < -0.4 is 0 Å². The lowest BCUT2D eigenvalue weighted by atomic mass is 10.0. The summed E-state index contributed by atoms with van der Waals surface area (Å²) in [5, 5.41) is 5.89. The molecule has 0 saturated carbocycles. The highest BCUT2D eigenvalue weighted by molar-refractivity contribution is 7.12. The monoisotopic (exact) mass is 318 g/mol. The molecular formula is C16H15FN2O2S. The predicted molar refractivity (Wildman–Crippen MR) is 83.7 cm³/mol. The molecule has 4 nitrogen and oxygen atoms in total. The second-order valence-electron chi connectivity index (χ2n) is 5.14. The fraction of sp³-hybridized carbons (Fsp3) is 0.250. The van der Waals surface area contributed by atoms with E-state index in [0.717, 1.165) is 5.56 Å². The molecule has 1 atom stereocenters. The van der Waals surface area contributed by atoms with Crippen LogP contribution in [0.15, 0.2) is 46.9 Å². The van der Waals surface area contributed by atoms with Gasteiger partial charge in [0.15, 0.2) is 6.10 Å². The van der Waals surface area contributed by atoms with Crippen LogP contribution in [-0.2, 0) is 4.84 Å². The molecule has 114 valence electrons. The maximum Gasteiger partial charge on any atom is 0.263 e. The smallest absolute Gasteiger partial charge is 0.263 e. The highest BCUT2D eigenvalue weighted by atomic mass is 32.1. The number of rotatable bonds is 4. The second kappa shape index (κ2) is 6.27. The van der Waals surface area contributed by atoms with Crippen LogP contribution in [0.2, 0.25) is 0 Å². The molecule has 0 aliphatic carbocycles. The summed E-state index contributed by atoms with van der Waals surface area (Å²) in [6, 6.07) is 9.92. The first-order valence-corrected chi connectivity index (χ1v) is 7.79. The third-order valence-corrected chi connectivity index (χ3v) is 4.30. The van der Waals surface area contributed by atoms with Crippen molar-refractivity contribution in [3.8, 4) is 0 Å². The topological polar surface area (TPSA) is 41.9 Å². The molecule has 1 aromatic carbocycles. The summed E-state index contributed by atoms with van der Waals surface area (Å²) in [7, 11) is 1.74. The standard InChI is InChI=1S/C16H15FN2O2S/c1-19(16(20)15-6-3-7-22-15)10-13-9-14(18-21-13)11-4-2-5-12(17)8-11/h2-8,13H,9-10H2,1H3/t13-/m1/s1. The van der Waals surface area contributed by atoms with E-state index in [1.807, 2.05) is 11.4 Å². The number of carbonyl (C=O) groups is 1. The third kappa shape index (κ3) is 3.17. The predicted octanol–water partition coefficient (Wildman–Crippen LogP) is 3.15. The number of amides is 1. The zero-order valence-corrected chi connectivity index (χ0v) is 12.8. The van der Waals surface area contributed by atoms with Crippen LogP contribution in [-0.4, -0.2) is 36.2 Å². The summed E-state index contributed by atoms with van der Waals surface area (Å²) < 4.78 is 13.2. The average molecular weight is 318 g/mol. The Kier molecular flexibility index (Phi) is 4.20. The largest absolute Gasteiger partial charge is 0.390 e. The van der Waals surface area contributed by atoms with Gasteiger partial charge < -0.3 is 9.74 Å². The molecule has 1 aliphatic rings. The van der Waals surface area contributed by atoms with Gasteiger partial charge in [-0.15, -0.1) is 11.3 Å². The fourth-order valence-electron chi connectivity index (χ4n) is 2.34. The summed E-state index contributed by atoms with van der Waals surface area (Å²) in [4.78, 5) is 19.9. The Labute approximate surface area is 131 Å². The molecule has 2 heterocycles. The van der Waals surface area contributed by atoms with E-state index in [2.05, 4.69) is 5.16 Å². The van der Waals surface area contributed by atoms with E-state index in [1.165, 1.54) is 23.5 Å².